The number of aliphatic hydroxyl groups is 1. The molecule has 1 heterocycles. The first-order valence-electron chi connectivity index (χ1n) is 9.92. The molecular weight excluding hydrogens is 418 g/mol. The molecule has 1 amide bonds. The molecule has 8 nitrogen and oxygen atoms in total. The number of benzene rings is 2. The minimum absolute atomic E-state index is 0.0419. The van der Waals surface area contributed by atoms with E-state index in [0.29, 0.717) is 33.8 Å². The molecule has 0 unspecified atom stereocenters. The Bertz CT molecular complexity index is 1060. The maximum atomic E-state index is 12.5. The molecule has 0 aliphatic heterocycles. The third kappa shape index (κ3) is 5.62. The van der Waals surface area contributed by atoms with Gasteiger partial charge in [-0.2, -0.15) is 4.98 Å². The first-order chi connectivity index (χ1) is 15.1. The Labute approximate surface area is 184 Å². The minimum atomic E-state index is -0.127. The van der Waals surface area contributed by atoms with Crippen LogP contribution in [-0.4, -0.2) is 40.2 Å². The van der Waals surface area contributed by atoms with Gasteiger partial charge in [-0.3, -0.25) is 4.79 Å². The van der Waals surface area contributed by atoms with Crippen molar-refractivity contribution in [2.75, 3.05) is 23.8 Å². The summed E-state index contributed by atoms with van der Waals surface area (Å²) in [5.74, 6) is 1.25. The molecular formula is C22H22ClN5O3. The maximum Gasteiger partial charge on any atom is 0.253 e. The number of carbonyl (C=O) groups is 1. The highest BCUT2D eigenvalue weighted by Gasteiger charge is 2.25. The summed E-state index contributed by atoms with van der Waals surface area (Å²) in [5.41, 5.74) is 1.89. The number of hydrogen-bond donors (Lipinski definition) is 4. The number of amides is 1. The number of aromatic nitrogens is 2. The minimum Gasteiger partial charge on any atom is -0.491 e. The van der Waals surface area contributed by atoms with Gasteiger partial charge < -0.3 is 25.8 Å². The fraction of sp³-hybridized carbons (Fsp3) is 0.227. The largest absolute Gasteiger partial charge is 0.491 e. The van der Waals surface area contributed by atoms with E-state index < -0.39 is 0 Å². The van der Waals surface area contributed by atoms with Crippen molar-refractivity contribution in [2.24, 2.45) is 0 Å². The molecule has 0 atom stereocenters. The highest BCUT2D eigenvalue weighted by atomic mass is 35.5. The van der Waals surface area contributed by atoms with Crippen LogP contribution in [0, 0.1) is 0 Å². The monoisotopic (exact) mass is 439 g/mol. The van der Waals surface area contributed by atoms with Crippen LogP contribution in [0.1, 0.15) is 23.2 Å². The fourth-order valence-corrected chi connectivity index (χ4v) is 2.99. The second-order valence-electron chi connectivity index (χ2n) is 7.03. The number of rotatable bonds is 9. The van der Waals surface area contributed by atoms with Gasteiger partial charge in [0, 0.05) is 11.7 Å². The first kappa shape index (κ1) is 20.9. The van der Waals surface area contributed by atoms with E-state index in [4.69, 9.17) is 21.4 Å². The Kier molecular flexibility index (Phi) is 6.49. The molecule has 4 N–H and O–H groups in total. The number of nitrogens with zero attached hydrogens (tertiary/aromatic N) is 2. The van der Waals surface area contributed by atoms with Crippen molar-refractivity contribution in [1.29, 1.82) is 0 Å². The van der Waals surface area contributed by atoms with E-state index >= 15 is 0 Å². The third-order valence-electron chi connectivity index (χ3n) is 4.55. The molecule has 0 radical (unpaired) electrons. The number of para-hydroxylation sites is 1. The van der Waals surface area contributed by atoms with Crippen molar-refractivity contribution in [3.05, 3.63) is 65.3 Å². The molecule has 1 aliphatic rings. The maximum absolute atomic E-state index is 12.5. The predicted molar refractivity (Wildman–Crippen MR) is 120 cm³/mol. The molecule has 0 spiro atoms. The molecule has 3 aromatic rings. The van der Waals surface area contributed by atoms with Crippen LogP contribution in [0.4, 0.5) is 23.1 Å². The van der Waals surface area contributed by atoms with Gasteiger partial charge >= 0.3 is 0 Å². The molecule has 1 aliphatic carbocycles. The van der Waals surface area contributed by atoms with Gasteiger partial charge in [-0.1, -0.05) is 23.7 Å². The van der Waals surface area contributed by atoms with Crippen molar-refractivity contribution in [1.82, 2.24) is 15.3 Å². The normalized spacial score (nSPS) is 12.8. The van der Waals surface area contributed by atoms with Gasteiger partial charge in [0.2, 0.25) is 5.95 Å². The van der Waals surface area contributed by atoms with Crippen LogP contribution in [0.25, 0.3) is 0 Å². The number of aliphatic hydroxyl groups excluding tert-OH is 1. The lowest BCUT2D eigenvalue weighted by atomic mass is 10.1. The van der Waals surface area contributed by atoms with E-state index in [2.05, 4.69) is 25.9 Å². The highest BCUT2D eigenvalue weighted by Crippen LogP contribution is 2.28. The molecule has 0 bridgehead atoms. The van der Waals surface area contributed by atoms with Crippen LogP contribution >= 0.6 is 11.6 Å². The van der Waals surface area contributed by atoms with Crippen molar-refractivity contribution < 1.29 is 14.6 Å². The van der Waals surface area contributed by atoms with Crippen LogP contribution in [-0.2, 0) is 0 Å². The molecule has 9 heteroatoms. The van der Waals surface area contributed by atoms with E-state index in [1.54, 1.807) is 24.3 Å². The summed E-state index contributed by atoms with van der Waals surface area (Å²) in [4.78, 5) is 21.2. The van der Waals surface area contributed by atoms with E-state index in [9.17, 15) is 4.79 Å². The van der Waals surface area contributed by atoms with Gasteiger partial charge in [-0.15, -0.1) is 0 Å². The number of carbonyl (C=O) groups excluding carboxylic acids is 1. The number of anilines is 4. The summed E-state index contributed by atoms with van der Waals surface area (Å²) in [7, 11) is 0. The van der Waals surface area contributed by atoms with Gasteiger partial charge in [0.25, 0.3) is 5.91 Å². The zero-order valence-corrected chi connectivity index (χ0v) is 17.4. The van der Waals surface area contributed by atoms with E-state index in [1.807, 2.05) is 24.3 Å². The zero-order chi connectivity index (χ0) is 21.6. The SMILES string of the molecule is O=C(NC1CC1)c1ccccc1Nc1nc(Nc2ccc(OCCO)cc2)ncc1Cl. The second-order valence-corrected chi connectivity index (χ2v) is 7.44. The van der Waals surface area contributed by atoms with Gasteiger partial charge in [-0.25, -0.2) is 4.98 Å². The molecule has 1 aromatic heterocycles. The molecule has 4 rings (SSSR count). The van der Waals surface area contributed by atoms with Crippen LogP contribution in [0.15, 0.2) is 54.7 Å². The Morgan fingerprint density at radius 2 is 1.90 bits per heavy atom. The van der Waals surface area contributed by atoms with Gasteiger partial charge in [0.1, 0.15) is 17.4 Å². The average molecular weight is 440 g/mol. The molecule has 1 saturated carbocycles. The zero-order valence-electron chi connectivity index (χ0n) is 16.6. The Morgan fingerprint density at radius 1 is 1.13 bits per heavy atom. The van der Waals surface area contributed by atoms with Gasteiger partial charge in [-0.05, 0) is 49.2 Å². The first-order valence-corrected chi connectivity index (χ1v) is 10.3. The lowest BCUT2D eigenvalue weighted by molar-refractivity contribution is 0.0952. The summed E-state index contributed by atoms with van der Waals surface area (Å²) in [6.45, 7) is 0.196. The number of nitrogens with one attached hydrogen (secondary N) is 3. The second kappa shape index (κ2) is 9.63. The Morgan fingerprint density at radius 3 is 2.65 bits per heavy atom. The lowest BCUT2D eigenvalue weighted by Gasteiger charge is -2.13. The van der Waals surface area contributed by atoms with Crippen molar-refractivity contribution >= 4 is 40.6 Å². The Hall–Kier alpha value is -3.36. The molecule has 2 aromatic carbocycles. The van der Waals surface area contributed by atoms with E-state index in [1.165, 1.54) is 6.20 Å². The van der Waals surface area contributed by atoms with Crippen LogP contribution in [0.2, 0.25) is 5.02 Å². The number of ether oxygens (including phenoxy) is 1. The average Bonchev–Trinajstić information content (AvgIpc) is 3.60. The van der Waals surface area contributed by atoms with Crippen LogP contribution < -0.4 is 20.7 Å². The summed E-state index contributed by atoms with van der Waals surface area (Å²) < 4.78 is 5.35. The Balaban J connectivity index is 1.49. The van der Waals surface area contributed by atoms with E-state index in [0.717, 1.165) is 18.5 Å². The van der Waals surface area contributed by atoms with Gasteiger partial charge in [0.15, 0.2) is 5.82 Å². The fourth-order valence-electron chi connectivity index (χ4n) is 2.85. The molecule has 31 heavy (non-hydrogen) atoms. The summed E-state index contributed by atoms with van der Waals surface area (Å²) in [6, 6.07) is 14.7. The number of hydrogen-bond acceptors (Lipinski definition) is 7. The van der Waals surface area contributed by atoms with E-state index in [-0.39, 0.29) is 25.2 Å². The standard InChI is InChI=1S/C22H22ClN5O3/c23-18-13-24-22(26-15-7-9-16(10-8-15)31-12-11-29)28-20(18)27-19-4-2-1-3-17(19)21(30)25-14-5-6-14/h1-4,7-10,13-14,29H,5-6,11-12H2,(H,25,30)(H2,24,26,27,28). The predicted octanol–water partition coefficient (Wildman–Crippen LogP) is 3.88. The summed E-state index contributed by atoms with van der Waals surface area (Å²) >= 11 is 6.29. The van der Waals surface area contributed by atoms with Crippen LogP contribution in [0.3, 0.4) is 0 Å². The molecule has 160 valence electrons. The molecule has 0 saturated heterocycles. The van der Waals surface area contributed by atoms with Crippen molar-refractivity contribution in [2.45, 2.75) is 18.9 Å². The third-order valence-corrected chi connectivity index (χ3v) is 4.83. The van der Waals surface area contributed by atoms with Crippen molar-refractivity contribution in [3.8, 4) is 5.75 Å². The molecule has 1 fully saturated rings. The smallest absolute Gasteiger partial charge is 0.253 e. The number of halogens is 1. The quantitative estimate of drug-likeness (QED) is 0.400. The summed E-state index contributed by atoms with van der Waals surface area (Å²) in [5, 5.41) is 18.4. The van der Waals surface area contributed by atoms with Gasteiger partial charge in [0.05, 0.1) is 24.1 Å². The van der Waals surface area contributed by atoms with Crippen LogP contribution in [0.5, 0.6) is 5.75 Å². The lowest BCUT2D eigenvalue weighted by Crippen LogP contribution is -2.26. The topological polar surface area (TPSA) is 108 Å². The highest BCUT2D eigenvalue weighted by molar-refractivity contribution is 6.33. The summed E-state index contributed by atoms with van der Waals surface area (Å²) in [6.07, 6.45) is 3.52. The van der Waals surface area contributed by atoms with Crippen molar-refractivity contribution in [3.63, 3.8) is 0 Å².